The van der Waals surface area contributed by atoms with Crippen LogP contribution in [-0.4, -0.2) is 39.0 Å². The van der Waals surface area contributed by atoms with Gasteiger partial charge in [0.25, 0.3) is 0 Å². The molecule has 0 amide bonds. The Morgan fingerprint density at radius 3 is 2.60 bits per heavy atom. The molecule has 3 rings (SSSR count). The average molecular weight is 272 g/mol. The van der Waals surface area contributed by atoms with Crippen molar-refractivity contribution < 1.29 is 14.9 Å². The number of hydrogen-bond acceptors (Lipinski definition) is 5. The maximum atomic E-state index is 9.74. The van der Waals surface area contributed by atoms with Crippen LogP contribution in [0.5, 0.6) is 0 Å². The molecule has 0 unspecified atom stereocenters. The summed E-state index contributed by atoms with van der Waals surface area (Å²) in [6, 6.07) is 9.49. The molecular formula is C15H16N2O3. The van der Waals surface area contributed by atoms with Crippen molar-refractivity contribution in [1.82, 2.24) is 9.97 Å². The number of aliphatic hydroxyl groups is 2. The second-order valence-corrected chi connectivity index (χ2v) is 4.84. The van der Waals surface area contributed by atoms with E-state index in [4.69, 9.17) is 9.84 Å². The molecule has 0 radical (unpaired) electrons. The van der Waals surface area contributed by atoms with Gasteiger partial charge in [-0.05, 0) is 23.8 Å². The molecule has 0 bridgehead atoms. The number of hydrogen-bond donors (Lipinski definition) is 2. The van der Waals surface area contributed by atoms with E-state index in [0.717, 1.165) is 17.0 Å². The summed E-state index contributed by atoms with van der Waals surface area (Å²) in [6.07, 6.45) is 2.60. The Morgan fingerprint density at radius 2 is 2.00 bits per heavy atom. The topological polar surface area (TPSA) is 75.5 Å². The Hall–Kier alpha value is -1.82. The first-order valence-corrected chi connectivity index (χ1v) is 6.59. The Labute approximate surface area is 116 Å². The van der Waals surface area contributed by atoms with E-state index in [0.29, 0.717) is 6.42 Å². The van der Waals surface area contributed by atoms with Gasteiger partial charge in [0.1, 0.15) is 6.10 Å². The van der Waals surface area contributed by atoms with E-state index >= 15 is 0 Å². The van der Waals surface area contributed by atoms with Crippen LogP contribution in [-0.2, 0) is 4.74 Å². The third kappa shape index (κ3) is 2.56. The summed E-state index contributed by atoms with van der Waals surface area (Å²) in [4.78, 5) is 8.63. The van der Waals surface area contributed by atoms with Gasteiger partial charge in [0.15, 0.2) is 0 Å². The lowest BCUT2D eigenvalue weighted by Gasteiger charge is -2.12. The van der Waals surface area contributed by atoms with Crippen LogP contribution in [0, 0.1) is 0 Å². The Kier molecular flexibility index (Phi) is 3.73. The SMILES string of the molecule is OC[C@H]1O[C@@H](c2ccc(-c3ccccn3)nc2)C[C@H]1O. The van der Waals surface area contributed by atoms with Crippen molar-refractivity contribution in [2.24, 2.45) is 0 Å². The summed E-state index contributed by atoms with van der Waals surface area (Å²) >= 11 is 0. The molecule has 20 heavy (non-hydrogen) atoms. The largest absolute Gasteiger partial charge is 0.394 e. The van der Waals surface area contributed by atoms with Crippen molar-refractivity contribution in [3.63, 3.8) is 0 Å². The highest BCUT2D eigenvalue weighted by molar-refractivity contribution is 5.53. The van der Waals surface area contributed by atoms with Crippen molar-refractivity contribution in [3.8, 4) is 11.4 Å². The Balaban J connectivity index is 1.77. The van der Waals surface area contributed by atoms with Crippen molar-refractivity contribution in [3.05, 3.63) is 48.3 Å². The first-order valence-electron chi connectivity index (χ1n) is 6.59. The van der Waals surface area contributed by atoms with Gasteiger partial charge in [0.2, 0.25) is 0 Å². The van der Waals surface area contributed by atoms with Crippen molar-refractivity contribution in [2.75, 3.05) is 6.61 Å². The minimum Gasteiger partial charge on any atom is -0.394 e. The molecule has 1 aliphatic heterocycles. The van der Waals surface area contributed by atoms with Crippen LogP contribution >= 0.6 is 0 Å². The van der Waals surface area contributed by atoms with Gasteiger partial charge >= 0.3 is 0 Å². The Bertz CT molecular complexity index is 559. The van der Waals surface area contributed by atoms with Gasteiger partial charge in [-0.25, -0.2) is 0 Å². The van der Waals surface area contributed by atoms with E-state index in [1.807, 2.05) is 30.3 Å². The molecular weight excluding hydrogens is 256 g/mol. The molecule has 2 N–H and O–H groups in total. The van der Waals surface area contributed by atoms with Crippen LogP contribution in [0.3, 0.4) is 0 Å². The monoisotopic (exact) mass is 272 g/mol. The molecule has 1 aliphatic rings. The highest BCUT2D eigenvalue weighted by Crippen LogP contribution is 2.32. The van der Waals surface area contributed by atoms with Crippen LogP contribution in [0.4, 0.5) is 0 Å². The quantitative estimate of drug-likeness (QED) is 0.881. The normalized spacial score (nSPS) is 25.8. The smallest absolute Gasteiger partial charge is 0.107 e. The number of aromatic nitrogens is 2. The molecule has 1 fully saturated rings. The Morgan fingerprint density at radius 1 is 1.15 bits per heavy atom. The fourth-order valence-electron chi connectivity index (χ4n) is 2.37. The predicted molar refractivity (Wildman–Crippen MR) is 72.8 cm³/mol. The first-order chi connectivity index (χ1) is 9.78. The summed E-state index contributed by atoms with van der Waals surface area (Å²) in [5, 5.41) is 18.8. The van der Waals surface area contributed by atoms with E-state index in [2.05, 4.69) is 9.97 Å². The van der Waals surface area contributed by atoms with E-state index in [9.17, 15) is 5.11 Å². The lowest BCUT2D eigenvalue weighted by molar-refractivity contribution is -0.0226. The molecule has 1 saturated heterocycles. The lowest BCUT2D eigenvalue weighted by atomic mass is 10.1. The number of pyridine rings is 2. The maximum Gasteiger partial charge on any atom is 0.107 e. The highest BCUT2D eigenvalue weighted by atomic mass is 16.5. The lowest BCUT2D eigenvalue weighted by Crippen LogP contribution is -2.24. The van der Waals surface area contributed by atoms with Gasteiger partial charge < -0.3 is 14.9 Å². The van der Waals surface area contributed by atoms with Crippen molar-refractivity contribution >= 4 is 0 Å². The molecule has 3 heterocycles. The minimum atomic E-state index is -0.625. The predicted octanol–water partition coefficient (Wildman–Crippen LogP) is 1.33. The molecule has 0 spiro atoms. The van der Waals surface area contributed by atoms with E-state index in [1.54, 1.807) is 12.4 Å². The van der Waals surface area contributed by atoms with Crippen molar-refractivity contribution in [1.29, 1.82) is 0 Å². The molecule has 3 atom stereocenters. The van der Waals surface area contributed by atoms with Crippen LogP contribution in [0.25, 0.3) is 11.4 Å². The summed E-state index contributed by atoms with van der Waals surface area (Å²) < 4.78 is 5.60. The summed E-state index contributed by atoms with van der Waals surface area (Å²) in [6.45, 7) is -0.170. The van der Waals surface area contributed by atoms with Gasteiger partial charge in [-0.3, -0.25) is 9.97 Å². The molecule has 0 saturated carbocycles. The van der Waals surface area contributed by atoms with E-state index in [1.165, 1.54) is 0 Å². The fraction of sp³-hybridized carbons (Fsp3) is 0.333. The number of nitrogens with zero attached hydrogens (tertiary/aromatic N) is 2. The third-order valence-corrected chi connectivity index (χ3v) is 3.49. The minimum absolute atomic E-state index is 0.170. The number of ether oxygens (including phenoxy) is 1. The molecule has 0 aliphatic carbocycles. The van der Waals surface area contributed by atoms with Gasteiger partial charge in [-0.2, -0.15) is 0 Å². The van der Waals surface area contributed by atoms with Crippen LogP contribution in [0.15, 0.2) is 42.7 Å². The molecule has 104 valence electrons. The van der Waals surface area contributed by atoms with E-state index in [-0.39, 0.29) is 12.7 Å². The average Bonchev–Trinajstić information content (AvgIpc) is 2.89. The highest BCUT2D eigenvalue weighted by Gasteiger charge is 2.34. The summed E-state index contributed by atoms with van der Waals surface area (Å²) in [5.74, 6) is 0. The van der Waals surface area contributed by atoms with Crippen LogP contribution in [0.1, 0.15) is 18.1 Å². The second kappa shape index (κ2) is 5.66. The van der Waals surface area contributed by atoms with Gasteiger partial charge in [0, 0.05) is 18.8 Å². The zero-order valence-corrected chi connectivity index (χ0v) is 10.9. The molecule has 2 aromatic rings. The summed E-state index contributed by atoms with van der Waals surface area (Å²) in [5.41, 5.74) is 2.52. The first kappa shape index (κ1) is 13.2. The molecule has 5 nitrogen and oxygen atoms in total. The third-order valence-electron chi connectivity index (χ3n) is 3.49. The number of aliphatic hydroxyl groups excluding tert-OH is 2. The zero-order chi connectivity index (χ0) is 13.9. The van der Waals surface area contributed by atoms with Gasteiger partial charge in [-0.15, -0.1) is 0 Å². The van der Waals surface area contributed by atoms with Crippen molar-refractivity contribution in [2.45, 2.75) is 24.7 Å². The van der Waals surface area contributed by atoms with E-state index < -0.39 is 12.2 Å². The second-order valence-electron chi connectivity index (χ2n) is 4.84. The van der Waals surface area contributed by atoms with Crippen LogP contribution in [0.2, 0.25) is 0 Å². The van der Waals surface area contributed by atoms with Crippen LogP contribution < -0.4 is 0 Å². The molecule has 0 aromatic carbocycles. The maximum absolute atomic E-state index is 9.74. The number of rotatable bonds is 3. The summed E-state index contributed by atoms with van der Waals surface area (Å²) in [7, 11) is 0. The standard InChI is InChI=1S/C15H16N2O3/c18-9-15-13(19)7-14(20-15)10-4-5-12(17-8-10)11-3-1-2-6-16-11/h1-6,8,13-15,18-19H,7,9H2/t13-,14-,15-/m1/s1. The van der Waals surface area contributed by atoms with Gasteiger partial charge in [-0.1, -0.05) is 12.1 Å². The molecule has 5 heteroatoms. The molecule has 2 aromatic heterocycles. The zero-order valence-electron chi connectivity index (χ0n) is 10.9. The van der Waals surface area contributed by atoms with Gasteiger partial charge in [0.05, 0.1) is 30.2 Å². The fourth-order valence-corrected chi connectivity index (χ4v) is 2.37.